The summed E-state index contributed by atoms with van der Waals surface area (Å²) in [6.45, 7) is 1.76. The molecule has 1 aromatic heterocycles. The molecule has 0 fully saturated rings. The third kappa shape index (κ3) is 2.16. The Morgan fingerprint density at radius 1 is 1.40 bits per heavy atom. The fourth-order valence-electron chi connectivity index (χ4n) is 2.58. The average molecular weight is 269 g/mol. The third-order valence-electron chi connectivity index (χ3n) is 3.65. The van der Waals surface area contributed by atoms with Gasteiger partial charge in [0.05, 0.1) is 23.4 Å². The van der Waals surface area contributed by atoms with Crippen molar-refractivity contribution in [2.75, 3.05) is 0 Å². The van der Waals surface area contributed by atoms with Gasteiger partial charge in [-0.25, -0.2) is 9.97 Å². The standard InChI is InChI=1S/C15H15N3O2/c1-9-12(7-16-8-17-9)15(20)18-14-11-5-3-2-4-10(11)6-13(14)19/h2-5,7-8,13-14,19H,6H2,1H3,(H,18,20). The van der Waals surface area contributed by atoms with Crippen molar-refractivity contribution in [1.29, 1.82) is 0 Å². The molecule has 5 heteroatoms. The number of hydrogen-bond acceptors (Lipinski definition) is 4. The van der Waals surface area contributed by atoms with E-state index < -0.39 is 6.10 Å². The minimum absolute atomic E-state index is 0.260. The zero-order chi connectivity index (χ0) is 14.1. The van der Waals surface area contributed by atoms with Gasteiger partial charge < -0.3 is 10.4 Å². The maximum atomic E-state index is 12.3. The molecule has 20 heavy (non-hydrogen) atoms. The van der Waals surface area contributed by atoms with Gasteiger partial charge in [-0.05, 0) is 18.1 Å². The summed E-state index contributed by atoms with van der Waals surface area (Å²) in [5.74, 6) is -0.260. The lowest BCUT2D eigenvalue weighted by Crippen LogP contribution is -2.34. The van der Waals surface area contributed by atoms with Crippen LogP contribution in [0.15, 0.2) is 36.8 Å². The number of nitrogens with one attached hydrogen (secondary N) is 1. The molecule has 2 unspecified atom stereocenters. The van der Waals surface area contributed by atoms with E-state index in [0.717, 1.165) is 11.1 Å². The molecule has 2 atom stereocenters. The monoisotopic (exact) mass is 269 g/mol. The third-order valence-corrected chi connectivity index (χ3v) is 3.65. The Hall–Kier alpha value is -2.27. The highest BCUT2D eigenvalue weighted by Crippen LogP contribution is 2.31. The SMILES string of the molecule is Cc1ncncc1C(=O)NC1c2ccccc2CC1O. The molecule has 1 amide bonds. The summed E-state index contributed by atoms with van der Waals surface area (Å²) in [7, 11) is 0. The summed E-state index contributed by atoms with van der Waals surface area (Å²) in [5, 5.41) is 13.0. The Bertz CT molecular complexity index is 657. The summed E-state index contributed by atoms with van der Waals surface area (Å²) < 4.78 is 0. The zero-order valence-electron chi connectivity index (χ0n) is 11.1. The van der Waals surface area contributed by atoms with Crippen molar-refractivity contribution < 1.29 is 9.90 Å². The van der Waals surface area contributed by atoms with Crippen molar-refractivity contribution in [2.24, 2.45) is 0 Å². The van der Waals surface area contributed by atoms with Gasteiger partial charge >= 0.3 is 0 Å². The highest BCUT2D eigenvalue weighted by molar-refractivity contribution is 5.95. The fraction of sp³-hybridized carbons (Fsp3) is 0.267. The molecule has 102 valence electrons. The number of benzene rings is 1. The first-order valence-electron chi connectivity index (χ1n) is 6.50. The lowest BCUT2D eigenvalue weighted by Gasteiger charge is -2.18. The van der Waals surface area contributed by atoms with E-state index >= 15 is 0 Å². The predicted molar refractivity (Wildman–Crippen MR) is 73.1 cm³/mol. The van der Waals surface area contributed by atoms with Crippen molar-refractivity contribution in [1.82, 2.24) is 15.3 Å². The smallest absolute Gasteiger partial charge is 0.255 e. The van der Waals surface area contributed by atoms with Crippen LogP contribution in [0.1, 0.15) is 33.2 Å². The molecular formula is C15H15N3O2. The highest BCUT2D eigenvalue weighted by Gasteiger charge is 2.32. The summed E-state index contributed by atoms with van der Waals surface area (Å²) >= 11 is 0. The molecule has 3 rings (SSSR count). The molecule has 5 nitrogen and oxygen atoms in total. The molecule has 0 radical (unpaired) electrons. The average Bonchev–Trinajstić information content (AvgIpc) is 2.76. The Morgan fingerprint density at radius 2 is 2.20 bits per heavy atom. The van der Waals surface area contributed by atoms with E-state index in [4.69, 9.17) is 0 Å². The maximum absolute atomic E-state index is 12.3. The highest BCUT2D eigenvalue weighted by atomic mass is 16.3. The lowest BCUT2D eigenvalue weighted by atomic mass is 10.1. The number of amides is 1. The van der Waals surface area contributed by atoms with Crippen molar-refractivity contribution in [2.45, 2.75) is 25.5 Å². The van der Waals surface area contributed by atoms with Crippen LogP contribution in [-0.4, -0.2) is 27.1 Å². The van der Waals surface area contributed by atoms with Gasteiger partial charge in [-0.1, -0.05) is 24.3 Å². The first-order chi connectivity index (χ1) is 9.66. The molecule has 1 aromatic carbocycles. The molecule has 1 heterocycles. The summed E-state index contributed by atoms with van der Waals surface area (Å²) in [5.41, 5.74) is 3.11. The lowest BCUT2D eigenvalue weighted by molar-refractivity contribution is 0.0856. The van der Waals surface area contributed by atoms with Crippen LogP contribution in [0.2, 0.25) is 0 Å². The number of fused-ring (bicyclic) bond motifs is 1. The van der Waals surface area contributed by atoms with Gasteiger partial charge in [0.2, 0.25) is 0 Å². The van der Waals surface area contributed by atoms with Gasteiger partial charge in [-0.3, -0.25) is 4.79 Å². The van der Waals surface area contributed by atoms with Crippen LogP contribution >= 0.6 is 0 Å². The minimum atomic E-state index is -0.596. The molecule has 0 spiro atoms. The topological polar surface area (TPSA) is 75.1 Å². The van der Waals surface area contributed by atoms with E-state index in [2.05, 4.69) is 15.3 Å². The number of aliphatic hydroxyl groups is 1. The molecule has 1 aliphatic rings. The Balaban J connectivity index is 1.85. The van der Waals surface area contributed by atoms with E-state index in [1.54, 1.807) is 6.92 Å². The number of rotatable bonds is 2. The van der Waals surface area contributed by atoms with Crippen molar-refractivity contribution in [3.63, 3.8) is 0 Å². The second kappa shape index (κ2) is 5.02. The fourth-order valence-corrected chi connectivity index (χ4v) is 2.58. The number of aliphatic hydroxyl groups excluding tert-OH is 1. The molecule has 0 bridgehead atoms. The van der Waals surface area contributed by atoms with Gasteiger partial charge in [0.25, 0.3) is 5.91 Å². The van der Waals surface area contributed by atoms with Crippen LogP contribution in [0.3, 0.4) is 0 Å². The normalized spacial score (nSPS) is 20.5. The summed E-state index contributed by atoms with van der Waals surface area (Å²) in [4.78, 5) is 20.1. The largest absolute Gasteiger partial charge is 0.390 e. The second-order valence-corrected chi connectivity index (χ2v) is 4.94. The van der Waals surface area contributed by atoms with Gasteiger partial charge in [-0.2, -0.15) is 0 Å². The van der Waals surface area contributed by atoms with Gasteiger partial charge in [0, 0.05) is 12.6 Å². The van der Waals surface area contributed by atoms with Crippen LogP contribution in [0.4, 0.5) is 0 Å². The molecule has 0 aliphatic heterocycles. The quantitative estimate of drug-likeness (QED) is 0.858. The van der Waals surface area contributed by atoms with Gasteiger partial charge in [0.1, 0.15) is 6.33 Å². The molecule has 0 saturated carbocycles. The van der Waals surface area contributed by atoms with Crippen LogP contribution in [0, 0.1) is 6.92 Å². The van der Waals surface area contributed by atoms with Gasteiger partial charge in [-0.15, -0.1) is 0 Å². The number of aryl methyl sites for hydroxylation is 1. The summed E-state index contributed by atoms with van der Waals surface area (Å²) in [6.07, 6.45) is 2.86. The van der Waals surface area contributed by atoms with Crippen LogP contribution in [0.25, 0.3) is 0 Å². The molecule has 2 aromatic rings. The van der Waals surface area contributed by atoms with E-state index in [1.165, 1.54) is 12.5 Å². The predicted octanol–water partition coefficient (Wildman–Crippen LogP) is 1.17. The molecular weight excluding hydrogens is 254 g/mol. The van der Waals surface area contributed by atoms with Gasteiger partial charge in [0.15, 0.2) is 0 Å². The molecule has 2 N–H and O–H groups in total. The van der Waals surface area contributed by atoms with E-state index in [1.807, 2.05) is 24.3 Å². The Morgan fingerprint density at radius 3 is 3.00 bits per heavy atom. The minimum Gasteiger partial charge on any atom is -0.390 e. The number of carbonyl (C=O) groups is 1. The van der Waals surface area contributed by atoms with Crippen molar-refractivity contribution >= 4 is 5.91 Å². The number of hydrogen-bond donors (Lipinski definition) is 2. The van der Waals surface area contributed by atoms with Crippen LogP contribution in [-0.2, 0) is 6.42 Å². The van der Waals surface area contributed by atoms with E-state index in [9.17, 15) is 9.90 Å². The van der Waals surface area contributed by atoms with E-state index in [-0.39, 0.29) is 11.9 Å². The van der Waals surface area contributed by atoms with Crippen molar-refractivity contribution in [3.05, 3.63) is 59.2 Å². The number of aromatic nitrogens is 2. The zero-order valence-corrected chi connectivity index (χ0v) is 11.1. The maximum Gasteiger partial charge on any atom is 0.255 e. The van der Waals surface area contributed by atoms with E-state index in [0.29, 0.717) is 17.7 Å². The second-order valence-electron chi connectivity index (χ2n) is 4.94. The number of nitrogens with zero attached hydrogens (tertiary/aromatic N) is 2. The first kappa shape index (κ1) is 12.7. The Labute approximate surface area is 116 Å². The first-order valence-corrected chi connectivity index (χ1v) is 6.50. The summed E-state index contributed by atoms with van der Waals surface area (Å²) in [6, 6.07) is 7.38. The van der Waals surface area contributed by atoms with Crippen molar-refractivity contribution in [3.8, 4) is 0 Å². The molecule has 0 saturated heterocycles. The number of carbonyl (C=O) groups excluding carboxylic acids is 1. The molecule has 1 aliphatic carbocycles. The van der Waals surface area contributed by atoms with Crippen LogP contribution < -0.4 is 5.32 Å². The Kier molecular flexibility index (Phi) is 3.20. The van der Waals surface area contributed by atoms with Crippen LogP contribution in [0.5, 0.6) is 0 Å².